The fourth-order valence-corrected chi connectivity index (χ4v) is 4.17. The summed E-state index contributed by atoms with van der Waals surface area (Å²) in [5.74, 6) is 0.0697. The molecule has 26 heavy (non-hydrogen) atoms. The number of nitrogens with two attached hydrogens (primary N) is 1. The first kappa shape index (κ1) is 20.9. The van der Waals surface area contributed by atoms with Crippen LogP contribution < -0.4 is 11.1 Å². The smallest absolute Gasteiger partial charge is 0.234 e. The number of nitrogens with one attached hydrogen (secondary N) is 1. The van der Waals surface area contributed by atoms with Crippen molar-refractivity contribution in [2.75, 3.05) is 26.2 Å². The highest BCUT2D eigenvalue weighted by Crippen LogP contribution is 2.29. The second-order valence-corrected chi connectivity index (χ2v) is 8.38. The second-order valence-electron chi connectivity index (χ2n) is 7.40. The lowest BCUT2D eigenvalue weighted by atomic mass is 9.90. The zero-order valence-corrected chi connectivity index (χ0v) is 17.0. The topological polar surface area (TPSA) is 58.4 Å². The summed E-state index contributed by atoms with van der Waals surface area (Å²) in [5, 5.41) is 5.28. The quantitative estimate of drug-likeness (QED) is 0.791. The molecule has 3 N–H and O–H groups in total. The summed E-state index contributed by atoms with van der Waals surface area (Å²) in [6.45, 7) is 7.21. The van der Waals surface area contributed by atoms with Crippen LogP contribution in [0.1, 0.15) is 35.4 Å². The van der Waals surface area contributed by atoms with Gasteiger partial charge in [-0.05, 0) is 48.9 Å². The van der Waals surface area contributed by atoms with Crippen LogP contribution in [0.4, 0.5) is 0 Å². The van der Waals surface area contributed by atoms with E-state index in [9.17, 15) is 4.79 Å². The van der Waals surface area contributed by atoms with E-state index in [2.05, 4.69) is 59.8 Å². The van der Waals surface area contributed by atoms with Gasteiger partial charge < -0.3 is 11.1 Å². The predicted molar refractivity (Wildman–Crippen MR) is 111 cm³/mol. The molecule has 2 aromatic rings. The minimum absolute atomic E-state index is 0. The first-order valence-corrected chi connectivity index (χ1v) is 9.69. The number of carbonyl (C=O) groups is 1. The molecule has 1 fully saturated rings. The molecule has 0 bridgehead atoms. The molecule has 0 radical (unpaired) electrons. The number of hydrogen-bond donors (Lipinski definition) is 2. The number of thiophene rings is 1. The number of rotatable bonds is 6. The molecule has 1 saturated heterocycles. The molecule has 1 aliphatic rings. The molecule has 1 aromatic heterocycles. The van der Waals surface area contributed by atoms with Crippen LogP contribution in [-0.4, -0.2) is 37.0 Å². The van der Waals surface area contributed by atoms with E-state index < -0.39 is 0 Å². The Morgan fingerprint density at radius 3 is 2.65 bits per heavy atom. The van der Waals surface area contributed by atoms with Gasteiger partial charge in [0.2, 0.25) is 5.91 Å². The molecule has 3 rings (SSSR count). The average molecular weight is 394 g/mol. The summed E-state index contributed by atoms with van der Waals surface area (Å²) in [6.07, 6.45) is 1.06. The molecule has 142 valence electrons. The highest BCUT2D eigenvalue weighted by Gasteiger charge is 2.33. The number of amides is 1. The maximum Gasteiger partial charge on any atom is 0.234 e. The third-order valence-electron chi connectivity index (χ3n) is 5.04. The van der Waals surface area contributed by atoms with Gasteiger partial charge in [0.15, 0.2) is 0 Å². The van der Waals surface area contributed by atoms with Crippen LogP contribution in [0.5, 0.6) is 0 Å². The molecule has 6 heteroatoms. The molecule has 2 heterocycles. The van der Waals surface area contributed by atoms with Crippen molar-refractivity contribution in [1.82, 2.24) is 10.2 Å². The highest BCUT2D eigenvalue weighted by atomic mass is 35.5. The summed E-state index contributed by atoms with van der Waals surface area (Å²) >= 11 is 1.67. The van der Waals surface area contributed by atoms with Crippen molar-refractivity contribution in [1.29, 1.82) is 0 Å². The number of likely N-dealkylation sites (tertiary alicyclic amines) is 1. The van der Waals surface area contributed by atoms with Crippen molar-refractivity contribution in [3.05, 3.63) is 57.8 Å². The standard InChI is InChI=1S/C20H27N3OS.ClH/c1-15-5-7-16(8-6-15)19(17-4-3-11-25-17)22-18(24)12-23-10-9-20(2,13-21)14-23;/h3-8,11,19H,9-10,12-14,21H2,1-2H3,(H,22,24);1H. The Hall–Kier alpha value is -1.40. The predicted octanol–water partition coefficient (Wildman–Crippen LogP) is 3.35. The fourth-order valence-electron chi connectivity index (χ4n) is 3.37. The van der Waals surface area contributed by atoms with Crippen LogP contribution in [0.3, 0.4) is 0 Å². The van der Waals surface area contributed by atoms with Gasteiger partial charge in [-0.3, -0.25) is 9.69 Å². The molecular weight excluding hydrogens is 366 g/mol. The Bertz CT molecular complexity index is 704. The Kier molecular flexibility index (Phi) is 7.24. The molecule has 1 aliphatic heterocycles. The molecule has 0 saturated carbocycles. The number of halogens is 1. The molecule has 4 nitrogen and oxygen atoms in total. The summed E-state index contributed by atoms with van der Waals surface area (Å²) < 4.78 is 0. The van der Waals surface area contributed by atoms with E-state index in [4.69, 9.17) is 5.73 Å². The van der Waals surface area contributed by atoms with Crippen molar-refractivity contribution in [2.24, 2.45) is 11.1 Å². The summed E-state index contributed by atoms with van der Waals surface area (Å²) in [7, 11) is 0. The molecule has 0 spiro atoms. The van der Waals surface area contributed by atoms with Crippen LogP contribution in [-0.2, 0) is 4.79 Å². The maximum absolute atomic E-state index is 12.7. The normalized spacial score (nSPS) is 21.2. The van der Waals surface area contributed by atoms with E-state index in [1.807, 2.05) is 6.07 Å². The monoisotopic (exact) mass is 393 g/mol. The van der Waals surface area contributed by atoms with Gasteiger partial charge in [0.05, 0.1) is 12.6 Å². The Morgan fingerprint density at radius 1 is 1.35 bits per heavy atom. The van der Waals surface area contributed by atoms with Gasteiger partial charge in [0.1, 0.15) is 0 Å². The van der Waals surface area contributed by atoms with Gasteiger partial charge in [-0.1, -0.05) is 42.8 Å². The number of aryl methyl sites for hydroxylation is 1. The van der Waals surface area contributed by atoms with Crippen LogP contribution >= 0.6 is 23.7 Å². The van der Waals surface area contributed by atoms with E-state index in [0.29, 0.717) is 13.1 Å². The zero-order valence-electron chi connectivity index (χ0n) is 15.4. The molecule has 2 atom stereocenters. The number of benzene rings is 1. The lowest BCUT2D eigenvalue weighted by Gasteiger charge is -2.23. The summed E-state index contributed by atoms with van der Waals surface area (Å²) in [5.41, 5.74) is 8.35. The van der Waals surface area contributed by atoms with Crippen molar-refractivity contribution in [3.63, 3.8) is 0 Å². The van der Waals surface area contributed by atoms with E-state index in [1.54, 1.807) is 11.3 Å². The molecule has 2 unspecified atom stereocenters. The van der Waals surface area contributed by atoms with E-state index in [0.717, 1.165) is 30.0 Å². The molecular formula is C20H28ClN3OS. The first-order valence-electron chi connectivity index (χ1n) is 8.81. The number of nitrogens with zero attached hydrogens (tertiary/aromatic N) is 1. The van der Waals surface area contributed by atoms with Crippen LogP contribution in [0, 0.1) is 12.3 Å². The van der Waals surface area contributed by atoms with E-state index in [1.165, 1.54) is 5.56 Å². The van der Waals surface area contributed by atoms with Crippen LogP contribution in [0.25, 0.3) is 0 Å². The van der Waals surface area contributed by atoms with E-state index in [-0.39, 0.29) is 29.8 Å². The number of carbonyl (C=O) groups excluding carboxylic acids is 1. The molecule has 0 aliphatic carbocycles. The minimum Gasteiger partial charge on any atom is -0.343 e. The summed E-state index contributed by atoms with van der Waals surface area (Å²) in [6, 6.07) is 12.4. The number of hydrogen-bond acceptors (Lipinski definition) is 4. The van der Waals surface area contributed by atoms with Gasteiger partial charge in [0, 0.05) is 11.4 Å². The highest BCUT2D eigenvalue weighted by molar-refractivity contribution is 7.10. The third-order valence-corrected chi connectivity index (χ3v) is 5.98. The lowest BCUT2D eigenvalue weighted by Crippen LogP contribution is -2.39. The Morgan fingerprint density at radius 2 is 2.08 bits per heavy atom. The third kappa shape index (κ3) is 5.07. The zero-order chi connectivity index (χ0) is 17.9. The van der Waals surface area contributed by atoms with Crippen LogP contribution in [0.2, 0.25) is 0 Å². The van der Waals surface area contributed by atoms with Crippen molar-refractivity contribution >= 4 is 29.7 Å². The lowest BCUT2D eigenvalue weighted by molar-refractivity contribution is -0.122. The molecule has 1 amide bonds. The Balaban J connectivity index is 0.00000243. The van der Waals surface area contributed by atoms with Crippen molar-refractivity contribution < 1.29 is 4.79 Å². The van der Waals surface area contributed by atoms with Gasteiger partial charge in [-0.15, -0.1) is 23.7 Å². The van der Waals surface area contributed by atoms with Crippen molar-refractivity contribution in [3.8, 4) is 0 Å². The summed E-state index contributed by atoms with van der Waals surface area (Å²) in [4.78, 5) is 16.0. The van der Waals surface area contributed by atoms with Gasteiger partial charge in [-0.2, -0.15) is 0 Å². The second kappa shape index (κ2) is 9.00. The van der Waals surface area contributed by atoms with Gasteiger partial charge in [0.25, 0.3) is 0 Å². The molecule has 1 aromatic carbocycles. The largest absolute Gasteiger partial charge is 0.343 e. The Labute approximate surface area is 166 Å². The average Bonchev–Trinajstić information content (AvgIpc) is 3.24. The SMILES string of the molecule is Cc1ccc(C(NC(=O)CN2CCC(C)(CN)C2)c2cccs2)cc1.Cl. The van der Waals surface area contributed by atoms with Crippen molar-refractivity contribution in [2.45, 2.75) is 26.3 Å². The van der Waals surface area contributed by atoms with Gasteiger partial charge in [-0.25, -0.2) is 0 Å². The van der Waals surface area contributed by atoms with Crippen LogP contribution in [0.15, 0.2) is 41.8 Å². The fraction of sp³-hybridized carbons (Fsp3) is 0.450. The minimum atomic E-state index is -0.0865. The van der Waals surface area contributed by atoms with E-state index >= 15 is 0 Å². The maximum atomic E-state index is 12.7. The van der Waals surface area contributed by atoms with Gasteiger partial charge >= 0.3 is 0 Å². The first-order chi connectivity index (χ1) is 12.0.